The first kappa shape index (κ1) is 18.2. The zero-order valence-corrected chi connectivity index (χ0v) is 15.4. The second-order valence-corrected chi connectivity index (χ2v) is 6.68. The van der Waals surface area contributed by atoms with Crippen molar-refractivity contribution in [2.24, 2.45) is 0 Å². The van der Waals surface area contributed by atoms with Crippen molar-refractivity contribution in [1.29, 1.82) is 0 Å². The van der Waals surface area contributed by atoms with Gasteiger partial charge in [0.1, 0.15) is 24.2 Å². The Morgan fingerprint density at radius 3 is 2.82 bits per heavy atom. The Bertz CT molecular complexity index is 958. The van der Waals surface area contributed by atoms with Gasteiger partial charge in [-0.25, -0.2) is 4.98 Å². The van der Waals surface area contributed by atoms with Crippen LogP contribution in [0.4, 0.5) is 0 Å². The molecule has 0 bridgehead atoms. The van der Waals surface area contributed by atoms with Gasteiger partial charge in [0.05, 0.1) is 30.4 Å². The van der Waals surface area contributed by atoms with E-state index in [2.05, 4.69) is 15.6 Å². The van der Waals surface area contributed by atoms with E-state index in [0.29, 0.717) is 24.7 Å². The van der Waals surface area contributed by atoms with E-state index in [9.17, 15) is 9.59 Å². The standard InChI is InChI=1S/C20H22N4O4/c25-19(21-11-14-5-3-9-27-14)13-24-16-7-2-1-6-15(16)23-18(24)12-22-20(26)17-8-4-10-28-17/h1-3,5-7,9,17H,4,8,10-13H2,(H,21,25)(H,22,26). The summed E-state index contributed by atoms with van der Waals surface area (Å²) < 4.78 is 12.5. The third kappa shape index (κ3) is 4.07. The largest absolute Gasteiger partial charge is 0.467 e. The molecule has 1 aliphatic heterocycles. The molecule has 8 heteroatoms. The van der Waals surface area contributed by atoms with Crippen molar-refractivity contribution in [2.45, 2.75) is 38.6 Å². The predicted octanol–water partition coefficient (Wildman–Crippen LogP) is 1.74. The maximum absolute atomic E-state index is 12.4. The number of amides is 2. The third-order valence-corrected chi connectivity index (χ3v) is 4.72. The van der Waals surface area contributed by atoms with Gasteiger partial charge in [0.2, 0.25) is 11.8 Å². The molecule has 28 heavy (non-hydrogen) atoms. The zero-order chi connectivity index (χ0) is 19.3. The molecule has 2 aromatic heterocycles. The summed E-state index contributed by atoms with van der Waals surface area (Å²) in [5.74, 6) is 1.01. The summed E-state index contributed by atoms with van der Waals surface area (Å²) >= 11 is 0. The van der Waals surface area contributed by atoms with E-state index in [0.717, 1.165) is 23.9 Å². The van der Waals surface area contributed by atoms with E-state index in [1.165, 1.54) is 0 Å². The van der Waals surface area contributed by atoms with Crippen LogP contribution >= 0.6 is 0 Å². The Labute approximate surface area is 161 Å². The number of hydrogen-bond donors (Lipinski definition) is 2. The monoisotopic (exact) mass is 382 g/mol. The number of carbonyl (C=O) groups excluding carboxylic acids is 2. The number of ether oxygens (including phenoxy) is 1. The van der Waals surface area contributed by atoms with E-state index in [1.54, 1.807) is 18.4 Å². The third-order valence-electron chi connectivity index (χ3n) is 4.72. The minimum Gasteiger partial charge on any atom is -0.467 e. The predicted molar refractivity (Wildman–Crippen MR) is 101 cm³/mol. The number of aromatic nitrogens is 2. The van der Waals surface area contributed by atoms with Gasteiger partial charge in [-0.2, -0.15) is 0 Å². The van der Waals surface area contributed by atoms with Gasteiger partial charge in [-0.05, 0) is 37.1 Å². The number of para-hydroxylation sites is 2. The number of fused-ring (bicyclic) bond motifs is 1. The van der Waals surface area contributed by atoms with Crippen molar-refractivity contribution < 1.29 is 18.7 Å². The summed E-state index contributed by atoms with van der Waals surface area (Å²) in [6, 6.07) is 11.2. The van der Waals surface area contributed by atoms with Crippen LogP contribution < -0.4 is 10.6 Å². The van der Waals surface area contributed by atoms with Gasteiger partial charge in [-0.3, -0.25) is 9.59 Å². The van der Waals surface area contributed by atoms with Gasteiger partial charge in [0, 0.05) is 6.61 Å². The molecule has 1 atom stereocenters. The zero-order valence-electron chi connectivity index (χ0n) is 15.4. The highest BCUT2D eigenvalue weighted by atomic mass is 16.5. The second-order valence-electron chi connectivity index (χ2n) is 6.68. The molecule has 0 saturated carbocycles. The first-order valence-corrected chi connectivity index (χ1v) is 9.33. The number of nitrogens with zero attached hydrogens (tertiary/aromatic N) is 2. The summed E-state index contributed by atoms with van der Waals surface area (Å²) in [5, 5.41) is 5.71. The van der Waals surface area contributed by atoms with Gasteiger partial charge in [-0.1, -0.05) is 12.1 Å². The van der Waals surface area contributed by atoms with Gasteiger partial charge in [0.15, 0.2) is 0 Å². The van der Waals surface area contributed by atoms with Crippen LogP contribution in [-0.4, -0.2) is 34.1 Å². The van der Waals surface area contributed by atoms with Crippen molar-refractivity contribution in [1.82, 2.24) is 20.2 Å². The van der Waals surface area contributed by atoms with Crippen molar-refractivity contribution in [3.8, 4) is 0 Å². The molecule has 0 spiro atoms. The van der Waals surface area contributed by atoms with E-state index in [-0.39, 0.29) is 24.9 Å². The average Bonchev–Trinajstić information content (AvgIpc) is 3.46. The van der Waals surface area contributed by atoms with Gasteiger partial charge in [-0.15, -0.1) is 0 Å². The lowest BCUT2D eigenvalue weighted by molar-refractivity contribution is -0.130. The fourth-order valence-corrected chi connectivity index (χ4v) is 3.30. The van der Waals surface area contributed by atoms with Crippen molar-refractivity contribution in [3.63, 3.8) is 0 Å². The lowest BCUT2D eigenvalue weighted by atomic mass is 10.2. The minimum atomic E-state index is -0.394. The smallest absolute Gasteiger partial charge is 0.249 e. The number of carbonyl (C=O) groups is 2. The number of furan rings is 1. The van der Waals surface area contributed by atoms with Crippen LogP contribution in [0.5, 0.6) is 0 Å². The van der Waals surface area contributed by atoms with Gasteiger partial charge in [0.25, 0.3) is 0 Å². The molecule has 146 valence electrons. The molecule has 0 aliphatic carbocycles. The Balaban J connectivity index is 1.46. The molecule has 3 heterocycles. The summed E-state index contributed by atoms with van der Waals surface area (Å²) in [6.45, 7) is 1.28. The van der Waals surface area contributed by atoms with Crippen LogP contribution in [0.15, 0.2) is 47.1 Å². The molecule has 1 fully saturated rings. The lowest BCUT2D eigenvalue weighted by Gasteiger charge is -2.12. The second kappa shape index (κ2) is 8.26. The van der Waals surface area contributed by atoms with E-state index >= 15 is 0 Å². The highest BCUT2D eigenvalue weighted by molar-refractivity contribution is 5.82. The lowest BCUT2D eigenvalue weighted by Crippen LogP contribution is -2.35. The highest BCUT2D eigenvalue weighted by Crippen LogP contribution is 2.17. The summed E-state index contributed by atoms with van der Waals surface area (Å²) in [5.41, 5.74) is 1.62. The number of rotatable bonds is 7. The number of hydrogen-bond acceptors (Lipinski definition) is 5. The molecule has 1 saturated heterocycles. The van der Waals surface area contributed by atoms with Crippen LogP contribution in [-0.2, 0) is 34.0 Å². The Kier molecular flexibility index (Phi) is 5.38. The molecular weight excluding hydrogens is 360 g/mol. The Morgan fingerprint density at radius 1 is 1.14 bits per heavy atom. The molecule has 1 aliphatic rings. The molecule has 1 unspecified atom stereocenters. The van der Waals surface area contributed by atoms with E-state index < -0.39 is 6.10 Å². The van der Waals surface area contributed by atoms with Crippen molar-refractivity contribution in [3.05, 3.63) is 54.2 Å². The number of imidazole rings is 1. The van der Waals surface area contributed by atoms with Crippen LogP contribution in [0.1, 0.15) is 24.4 Å². The molecule has 3 aromatic rings. The van der Waals surface area contributed by atoms with Crippen LogP contribution in [0.2, 0.25) is 0 Å². The normalized spacial score (nSPS) is 16.4. The highest BCUT2D eigenvalue weighted by Gasteiger charge is 2.24. The van der Waals surface area contributed by atoms with Crippen LogP contribution in [0.25, 0.3) is 11.0 Å². The van der Waals surface area contributed by atoms with Crippen LogP contribution in [0.3, 0.4) is 0 Å². The first-order valence-electron chi connectivity index (χ1n) is 9.33. The number of benzene rings is 1. The van der Waals surface area contributed by atoms with E-state index in [4.69, 9.17) is 9.15 Å². The van der Waals surface area contributed by atoms with Crippen molar-refractivity contribution >= 4 is 22.8 Å². The van der Waals surface area contributed by atoms with Crippen molar-refractivity contribution in [2.75, 3.05) is 6.61 Å². The molecule has 8 nitrogen and oxygen atoms in total. The molecule has 0 radical (unpaired) electrons. The average molecular weight is 382 g/mol. The quantitative estimate of drug-likeness (QED) is 0.649. The van der Waals surface area contributed by atoms with Gasteiger partial charge < -0.3 is 24.4 Å². The van der Waals surface area contributed by atoms with Gasteiger partial charge >= 0.3 is 0 Å². The molecule has 2 N–H and O–H groups in total. The Hall–Kier alpha value is -3.13. The molecule has 2 amide bonds. The minimum absolute atomic E-state index is 0.104. The fourth-order valence-electron chi connectivity index (χ4n) is 3.30. The van der Waals surface area contributed by atoms with E-state index in [1.807, 2.05) is 28.8 Å². The number of nitrogens with one attached hydrogen (secondary N) is 2. The summed E-state index contributed by atoms with van der Waals surface area (Å²) in [4.78, 5) is 29.3. The SMILES string of the molecule is O=C(Cn1c(CNC(=O)C2CCCO2)nc2ccccc21)NCc1ccco1. The molecule has 1 aromatic carbocycles. The Morgan fingerprint density at radius 2 is 2.04 bits per heavy atom. The fraction of sp³-hybridized carbons (Fsp3) is 0.350. The first-order chi connectivity index (χ1) is 13.7. The van der Waals surface area contributed by atoms with Crippen LogP contribution in [0, 0.1) is 0 Å². The maximum Gasteiger partial charge on any atom is 0.249 e. The maximum atomic E-state index is 12.4. The molecule has 4 rings (SSSR count). The summed E-state index contributed by atoms with van der Waals surface area (Å²) in [6.07, 6.45) is 2.80. The topological polar surface area (TPSA) is 98.4 Å². The summed E-state index contributed by atoms with van der Waals surface area (Å²) in [7, 11) is 0. The molecular formula is C20H22N4O4.